The summed E-state index contributed by atoms with van der Waals surface area (Å²) in [5.41, 5.74) is 22.0. The maximum Gasteiger partial charge on any atom is 0.0541 e. The highest BCUT2D eigenvalue weighted by Crippen LogP contribution is 2.50. The zero-order valence-corrected chi connectivity index (χ0v) is 53.1. The van der Waals surface area contributed by atoms with Crippen LogP contribution in [0.3, 0.4) is 0 Å². The minimum Gasteiger partial charge on any atom is -0.310 e. The van der Waals surface area contributed by atoms with E-state index in [-0.39, 0.29) is 21.7 Å². The van der Waals surface area contributed by atoms with Crippen molar-refractivity contribution in [1.82, 2.24) is 9.13 Å². The van der Waals surface area contributed by atoms with E-state index in [0.717, 1.165) is 78.8 Å². The van der Waals surface area contributed by atoms with Crippen molar-refractivity contribution in [2.45, 2.75) is 105 Å². The molecule has 0 saturated carbocycles. The molecular formula is C82H77ClN4. The van der Waals surface area contributed by atoms with E-state index < -0.39 is 0 Å². The number of nitrogens with zero attached hydrogens (tertiary/aromatic N) is 4. The van der Waals surface area contributed by atoms with Crippen LogP contribution in [-0.4, -0.2) is 9.13 Å². The summed E-state index contributed by atoms with van der Waals surface area (Å²) in [6.45, 7) is 27.6. The highest BCUT2D eigenvalue weighted by atomic mass is 35.5. The molecular weight excluding hydrogens is 1080 g/mol. The van der Waals surface area contributed by atoms with E-state index in [9.17, 15) is 0 Å². The summed E-state index contributed by atoms with van der Waals surface area (Å²) in [6.07, 6.45) is 0. The van der Waals surface area contributed by atoms with Gasteiger partial charge in [0.15, 0.2) is 0 Å². The molecule has 13 rings (SSSR count). The van der Waals surface area contributed by atoms with Gasteiger partial charge in [0.1, 0.15) is 0 Å². The summed E-state index contributed by atoms with van der Waals surface area (Å²) in [6, 6.07) is 92.1. The number of aromatic nitrogens is 2. The zero-order valence-electron chi connectivity index (χ0n) is 52.3. The molecule has 0 unspecified atom stereocenters. The number of hydrogen-bond acceptors (Lipinski definition) is 2. The van der Waals surface area contributed by atoms with Gasteiger partial charge in [0.2, 0.25) is 0 Å². The van der Waals surface area contributed by atoms with Crippen molar-refractivity contribution in [2.75, 3.05) is 9.80 Å². The second-order valence-corrected chi connectivity index (χ2v) is 28.2. The lowest BCUT2D eigenvalue weighted by atomic mass is 9.84. The molecule has 0 aliphatic rings. The topological polar surface area (TPSA) is 16.3 Å². The first-order chi connectivity index (χ1) is 41.6. The predicted octanol–water partition coefficient (Wildman–Crippen LogP) is 24.0. The summed E-state index contributed by atoms with van der Waals surface area (Å²) in [4.78, 5) is 4.86. The molecule has 87 heavy (non-hydrogen) atoms. The molecule has 2 heterocycles. The summed E-state index contributed by atoms with van der Waals surface area (Å²) in [7, 11) is 0. The first kappa shape index (κ1) is 57.0. The molecule has 0 saturated heterocycles. The zero-order chi connectivity index (χ0) is 60.7. The average molecular weight is 1150 g/mol. The lowest BCUT2D eigenvalue weighted by Gasteiger charge is -2.33. The SMILES string of the molecule is CC(C)(C)c1ccc(N(c2cc(Cl)cc(N(c3cccc(-n4c5ccc(C(C)(C)C)cc5c5cc(C(C)(C)C)ccc54)c3)c3ccc(C(C)(C)C)cc3-c3ccccc3)c2)c2cccc(-n3c4ccccc4c4ccccc43)c2)c(-c2ccccc2)c1. The number of rotatable bonds is 10. The third kappa shape index (κ3) is 10.7. The monoisotopic (exact) mass is 1150 g/mol. The van der Waals surface area contributed by atoms with Gasteiger partial charge in [-0.1, -0.05) is 228 Å². The number of fused-ring (bicyclic) bond motifs is 6. The van der Waals surface area contributed by atoms with Crippen LogP contribution in [-0.2, 0) is 21.7 Å². The van der Waals surface area contributed by atoms with E-state index in [1.54, 1.807) is 0 Å². The first-order valence-corrected chi connectivity index (χ1v) is 31.1. The molecule has 0 radical (unpaired) electrons. The molecule has 0 bridgehead atoms. The van der Waals surface area contributed by atoms with Crippen LogP contribution >= 0.6 is 11.6 Å². The molecule has 0 aliphatic carbocycles. The van der Waals surface area contributed by atoms with E-state index in [1.165, 1.54) is 54.8 Å². The van der Waals surface area contributed by atoms with Crippen LogP contribution < -0.4 is 9.80 Å². The highest BCUT2D eigenvalue weighted by molar-refractivity contribution is 6.31. The second-order valence-electron chi connectivity index (χ2n) is 27.7. The van der Waals surface area contributed by atoms with Gasteiger partial charge in [0.05, 0.1) is 33.4 Å². The maximum atomic E-state index is 7.79. The Morgan fingerprint density at radius 1 is 0.276 bits per heavy atom. The Labute approximate surface area is 519 Å². The molecule has 0 aliphatic heterocycles. The van der Waals surface area contributed by atoms with E-state index in [2.05, 4.69) is 351 Å². The van der Waals surface area contributed by atoms with Gasteiger partial charge in [-0.25, -0.2) is 0 Å². The van der Waals surface area contributed by atoms with Crippen LogP contribution in [0, 0.1) is 0 Å². The van der Waals surface area contributed by atoms with Crippen LogP contribution in [0.2, 0.25) is 5.02 Å². The third-order valence-electron chi connectivity index (χ3n) is 17.5. The predicted molar refractivity (Wildman–Crippen MR) is 375 cm³/mol. The summed E-state index contributed by atoms with van der Waals surface area (Å²) in [5, 5.41) is 5.55. The van der Waals surface area contributed by atoms with Crippen LogP contribution in [0.15, 0.2) is 249 Å². The highest BCUT2D eigenvalue weighted by Gasteiger charge is 2.28. The van der Waals surface area contributed by atoms with Gasteiger partial charge in [0.25, 0.3) is 0 Å². The molecule has 432 valence electrons. The summed E-state index contributed by atoms with van der Waals surface area (Å²) < 4.78 is 4.87. The smallest absolute Gasteiger partial charge is 0.0541 e. The Morgan fingerprint density at radius 3 is 1.01 bits per heavy atom. The van der Waals surface area contributed by atoms with Crippen molar-refractivity contribution in [3.63, 3.8) is 0 Å². The van der Waals surface area contributed by atoms with Crippen molar-refractivity contribution in [2.24, 2.45) is 0 Å². The van der Waals surface area contributed by atoms with Crippen molar-refractivity contribution >= 4 is 89.3 Å². The van der Waals surface area contributed by atoms with Gasteiger partial charge in [0, 0.05) is 71.8 Å². The van der Waals surface area contributed by atoms with Crippen molar-refractivity contribution in [3.8, 4) is 33.6 Å². The average Bonchev–Trinajstić information content (AvgIpc) is 1.76. The van der Waals surface area contributed by atoms with Gasteiger partial charge >= 0.3 is 0 Å². The molecule has 0 fully saturated rings. The number of benzene rings is 11. The Balaban J connectivity index is 1.08. The molecule has 5 heteroatoms. The van der Waals surface area contributed by atoms with Crippen molar-refractivity contribution < 1.29 is 0 Å². The van der Waals surface area contributed by atoms with Gasteiger partial charge in [-0.05, 0) is 170 Å². The van der Waals surface area contributed by atoms with Gasteiger partial charge in [-0.3, -0.25) is 0 Å². The van der Waals surface area contributed by atoms with E-state index in [4.69, 9.17) is 11.6 Å². The Hall–Kier alpha value is -9.09. The van der Waals surface area contributed by atoms with Gasteiger partial charge < -0.3 is 18.9 Å². The summed E-state index contributed by atoms with van der Waals surface area (Å²) in [5.74, 6) is 0. The lowest BCUT2D eigenvalue weighted by molar-refractivity contribution is 0.590. The molecule has 11 aromatic carbocycles. The fourth-order valence-corrected chi connectivity index (χ4v) is 13.0. The standard InChI is InChI=1S/C82H77ClN4/c1-79(2,3)56-37-41-75(69(45-56)54-25-15-13-16-26-54)84(61-29-23-31-63(51-61)86-73-35-21-19-33-67(73)68-34-20-22-36-74(68)86)65-49-60(83)50-66(53-65)85(76-42-38-57(80(4,5)6)46-70(76)55-27-17-14-18-28-55)62-30-24-32-64(52-62)87-77-43-39-58(81(7,8)9)47-71(77)72-48-59(82(10,11)12)40-44-78(72)87/h13-53H,1-12H3. The van der Waals surface area contributed by atoms with Crippen LogP contribution in [0.1, 0.15) is 105 Å². The molecule has 13 aromatic rings. The number of halogens is 1. The van der Waals surface area contributed by atoms with Gasteiger partial charge in [-0.15, -0.1) is 0 Å². The number of anilines is 6. The quantitative estimate of drug-likeness (QED) is 0.136. The van der Waals surface area contributed by atoms with Crippen molar-refractivity contribution in [3.05, 3.63) is 276 Å². The number of hydrogen-bond donors (Lipinski definition) is 0. The fraction of sp³-hybridized carbons (Fsp3) is 0.195. The molecule has 0 atom stereocenters. The Kier molecular flexibility index (Phi) is 14.2. The first-order valence-electron chi connectivity index (χ1n) is 30.7. The Bertz CT molecular complexity index is 4620. The largest absolute Gasteiger partial charge is 0.310 e. The molecule has 4 nitrogen and oxygen atoms in total. The fourth-order valence-electron chi connectivity index (χ4n) is 12.7. The van der Waals surface area contributed by atoms with E-state index in [1.807, 2.05) is 0 Å². The normalized spacial score (nSPS) is 12.4. The minimum atomic E-state index is -0.112. The van der Waals surface area contributed by atoms with Crippen molar-refractivity contribution in [1.29, 1.82) is 0 Å². The molecule has 2 aromatic heterocycles. The minimum absolute atomic E-state index is 0.0246. The number of para-hydroxylation sites is 2. The van der Waals surface area contributed by atoms with E-state index in [0.29, 0.717) is 5.02 Å². The molecule has 0 spiro atoms. The maximum absolute atomic E-state index is 7.79. The van der Waals surface area contributed by atoms with Gasteiger partial charge in [-0.2, -0.15) is 0 Å². The Morgan fingerprint density at radius 2 is 0.621 bits per heavy atom. The molecule has 0 amide bonds. The van der Waals surface area contributed by atoms with E-state index >= 15 is 0 Å². The third-order valence-corrected chi connectivity index (χ3v) is 17.7. The lowest BCUT2D eigenvalue weighted by Crippen LogP contribution is -2.17. The molecule has 0 N–H and O–H groups in total. The summed E-state index contributed by atoms with van der Waals surface area (Å²) >= 11 is 7.79. The van der Waals surface area contributed by atoms with Crippen LogP contribution in [0.4, 0.5) is 34.1 Å². The van der Waals surface area contributed by atoms with Crippen LogP contribution in [0.5, 0.6) is 0 Å². The second kappa shape index (κ2) is 21.7. The van der Waals surface area contributed by atoms with Crippen LogP contribution in [0.25, 0.3) is 77.2 Å².